The van der Waals surface area contributed by atoms with E-state index in [1.807, 2.05) is 6.92 Å². The lowest BCUT2D eigenvalue weighted by Crippen LogP contribution is -2.48. The average Bonchev–Trinajstić information content (AvgIpc) is 2.35. The quantitative estimate of drug-likeness (QED) is 0.777. The second kappa shape index (κ2) is 7.49. The molecule has 0 saturated heterocycles. The van der Waals surface area contributed by atoms with Crippen LogP contribution in [0.25, 0.3) is 0 Å². The zero-order valence-electron chi connectivity index (χ0n) is 12.1. The van der Waals surface area contributed by atoms with Crippen molar-refractivity contribution < 1.29 is 8.42 Å². The molecule has 0 aromatic heterocycles. The summed E-state index contributed by atoms with van der Waals surface area (Å²) in [7, 11) is -2.92. The molecule has 3 nitrogen and oxygen atoms in total. The summed E-state index contributed by atoms with van der Waals surface area (Å²) in [6, 6.07) is 0.183. The first-order valence-electron chi connectivity index (χ1n) is 7.46. The van der Waals surface area contributed by atoms with Crippen LogP contribution in [0.2, 0.25) is 0 Å². The van der Waals surface area contributed by atoms with Gasteiger partial charge in [-0.05, 0) is 44.6 Å². The van der Waals surface area contributed by atoms with Gasteiger partial charge in [0.2, 0.25) is 0 Å². The number of hydrogen-bond donors (Lipinski definition) is 1. The van der Waals surface area contributed by atoms with Crippen LogP contribution in [-0.4, -0.2) is 32.0 Å². The summed E-state index contributed by atoms with van der Waals surface area (Å²) in [6.07, 6.45) is 5.82. The first kappa shape index (κ1) is 16.0. The molecule has 0 amide bonds. The second-order valence-electron chi connectivity index (χ2n) is 5.74. The van der Waals surface area contributed by atoms with Crippen LogP contribution in [0.3, 0.4) is 0 Å². The van der Waals surface area contributed by atoms with Crippen LogP contribution in [0.4, 0.5) is 0 Å². The van der Waals surface area contributed by atoms with Crippen LogP contribution in [0.5, 0.6) is 0 Å². The van der Waals surface area contributed by atoms with Crippen LogP contribution < -0.4 is 5.32 Å². The van der Waals surface area contributed by atoms with E-state index < -0.39 is 9.84 Å². The fourth-order valence-corrected chi connectivity index (χ4v) is 5.13. The molecule has 0 bridgehead atoms. The van der Waals surface area contributed by atoms with Crippen LogP contribution in [-0.2, 0) is 9.84 Å². The van der Waals surface area contributed by atoms with Gasteiger partial charge in [-0.3, -0.25) is 0 Å². The Morgan fingerprint density at radius 2 is 1.89 bits per heavy atom. The Labute approximate surface area is 113 Å². The van der Waals surface area contributed by atoms with Crippen molar-refractivity contribution in [2.24, 2.45) is 5.92 Å². The number of sulfone groups is 1. The van der Waals surface area contributed by atoms with Gasteiger partial charge in [0.25, 0.3) is 0 Å². The van der Waals surface area contributed by atoms with Crippen molar-refractivity contribution in [1.29, 1.82) is 0 Å². The van der Waals surface area contributed by atoms with E-state index in [1.54, 1.807) is 0 Å². The summed E-state index contributed by atoms with van der Waals surface area (Å²) in [5.74, 6) is 0.914. The zero-order valence-corrected chi connectivity index (χ0v) is 12.9. The molecule has 0 aliphatic heterocycles. The predicted octanol–water partition coefficient (Wildman–Crippen LogP) is 2.76. The van der Waals surface area contributed by atoms with Crippen molar-refractivity contribution in [1.82, 2.24) is 5.32 Å². The Morgan fingerprint density at radius 1 is 1.17 bits per heavy atom. The molecule has 1 rings (SSSR count). The molecule has 0 aromatic rings. The van der Waals surface area contributed by atoms with E-state index in [-0.39, 0.29) is 11.3 Å². The lowest BCUT2D eigenvalue weighted by atomic mass is 9.87. The fraction of sp³-hybridized carbons (Fsp3) is 1.00. The van der Waals surface area contributed by atoms with Crippen LogP contribution in [0, 0.1) is 5.92 Å². The summed E-state index contributed by atoms with van der Waals surface area (Å²) < 4.78 is 24.8. The van der Waals surface area contributed by atoms with Crippen LogP contribution >= 0.6 is 0 Å². The molecule has 0 aromatic carbocycles. The zero-order chi connectivity index (χ0) is 13.6. The van der Waals surface area contributed by atoms with E-state index in [4.69, 9.17) is 0 Å². The molecule has 0 heterocycles. The molecule has 0 radical (unpaired) electrons. The summed E-state index contributed by atoms with van der Waals surface area (Å²) in [5, 5.41) is 3.29. The number of nitrogens with one attached hydrogen (secondary N) is 1. The minimum atomic E-state index is -2.92. The van der Waals surface area contributed by atoms with Crippen LogP contribution in [0.1, 0.15) is 59.3 Å². The molecule has 1 N–H and O–H groups in total. The minimum absolute atomic E-state index is 0.153. The molecule has 1 fully saturated rings. The van der Waals surface area contributed by atoms with Gasteiger partial charge in [-0.25, -0.2) is 8.42 Å². The topological polar surface area (TPSA) is 46.2 Å². The van der Waals surface area contributed by atoms with Gasteiger partial charge in [0, 0.05) is 6.04 Å². The maximum atomic E-state index is 12.4. The van der Waals surface area contributed by atoms with Gasteiger partial charge >= 0.3 is 0 Å². The Morgan fingerprint density at radius 3 is 2.50 bits per heavy atom. The van der Waals surface area contributed by atoms with Gasteiger partial charge in [-0.2, -0.15) is 0 Å². The van der Waals surface area contributed by atoms with Gasteiger partial charge < -0.3 is 5.32 Å². The normalized spacial score (nSPS) is 29.4. The second-order valence-corrected chi connectivity index (χ2v) is 8.08. The van der Waals surface area contributed by atoms with E-state index in [0.29, 0.717) is 11.7 Å². The number of rotatable bonds is 7. The van der Waals surface area contributed by atoms with Gasteiger partial charge in [0.1, 0.15) is 0 Å². The molecule has 18 heavy (non-hydrogen) atoms. The highest BCUT2D eigenvalue weighted by atomic mass is 32.2. The lowest BCUT2D eigenvalue weighted by molar-refractivity contribution is 0.308. The molecule has 0 spiro atoms. The van der Waals surface area contributed by atoms with Gasteiger partial charge in [-0.15, -0.1) is 0 Å². The first-order valence-corrected chi connectivity index (χ1v) is 9.17. The maximum absolute atomic E-state index is 12.4. The maximum Gasteiger partial charge on any atom is 0.154 e. The summed E-state index contributed by atoms with van der Waals surface area (Å²) in [6.45, 7) is 7.28. The summed E-state index contributed by atoms with van der Waals surface area (Å²) >= 11 is 0. The smallest absolute Gasteiger partial charge is 0.154 e. The van der Waals surface area contributed by atoms with Gasteiger partial charge in [-0.1, -0.05) is 27.2 Å². The molecule has 1 aliphatic rings. The van der Waals surface area contributed by atoms with E-state index in [0.717, 1.165) is 45.1 Å². The number of unbranched alkanes of at least 4 members (excludes halogenated alkanes) is 1. The van der Waals surface area contributed by atoms with E-state index >= 15 is 0 Å². The summed E-state index contributed by atoms with van der Waals surface area (Å²) in [4.78, 5) is 0. The Hall–Kier alpha value is -0.0900. The minimum Gasteiger partial charge on any atom is -0.313 e. The third-order valence-corrected chi connectivity index (χ3v) is 6.26. The molecular weight excluding hydrogens is 246 g/mol. The Bertz CT molecular complexity index is 325. The highest BCUT2D eigenvalue weighted by Gasteiger charge is 2.36. The molecule has 1 aliphatic carbocycles. The largest absolute Gasteiger partial charge is 0.313 e. The Kier molecular flexibility index (Phi) is 6.64. The number of hydrogen-bond acceptors (Lipinski definition) is 3. The lowest BCUT2D eigenvalue weighted by Gasteiger charge is -2.35. The van der Waals surface area contributed by atoms with Crippen molar-refractivity contribution in [3.63, 3.8) is 0 Å². The first-order chi connectivity index (χ1) is 8.51. The highest BCUT2D eigenvalue weighted by Crippen LogP contribution is 2.29. The van der Waals surface area contributed by atoms with Crippen molar-refractivity contribution >= 4 is 9.84 Å². The highest BCUT2D eigenvalue weighted by molar-refractivity contribution is 7.92. The Balaban J connectivity index is 2.71. The molecule has 3 atom stereocenters. The van der Waals surface area contributed by atoms with Crippen molar-refractivity contribution in [2.45, 2.75) is 70.6 Å². The van der Waals surface area contributed by atoms with Crippen molar-refractivity contribution in [3.8, 4) is 0 Å². The van der Waals surface area contributed by atoms with Crippen LogP contribution in [0.15, 0.2) is 0 Å². The molecule has 3 unspecified atom stereocenters. The molecule has 108 valence electrons. The average molecular weight is 275 g/mol. The monoisotopic (exact) mass is 275 g/mol. The van der Waals surface area contributed by atoms with Gasteiger partial charge in [0.05, 0.1) is 11.0 Å². The standard InChI is InChI=1S/C14H29NO2S/c1-4-6-10-18(16,17)14-11-12(3)7-8-13(14)15-9-5-2/h12-15H,4-11H2,1-3H3. The van der Waals surface area contributed by atoms with Gasteiger partial charge in [0.15, 0.2) is 9.84 Å². The fourth-order valence-electron chi connectivity index (χ4n) is 2.79. The SMILES string of the molecule is CCCCS(=O)(=O)C1CC(C)CCC1NCCC. The predicted molar refractivity (Wildman–Crippen MR) is 77.6 cm³/mol. The van der Waals surface area contributed by atoms with E-state index in [1.165, 1.54) is 0 Å². The molecule has 1 saturated carbocycles. The third kappa shape index (κ3) is 4.54. The van der Waals surface area contributed by atoms with Crippen molar-refractivity contribution in [2.75, 3.05) is 12.3 Å². The summed E-state index contributed by atoms with van der Waals surface area (Å²) in [5.41, 5.74) is 0. The third-order valence-electron chi connectivity index (χ3n) is 3.95. The van der Waals surface area contributed by atoms with Crippen molar-refractivity contribution in [3.05, 3.63) is 0 Å². The van der Waals surface area contributed by atoms with E-state index in [2.05, 4.69) is 19.2 Å². The molecular formula is C14H29NO2S. The molecule has 4 heteroatoms. The van der Waals surface area contributed by atoms with E-state index in [9.17, 15) is 8.42 Å².